The molecule has 106 valence electrons. The number of sulfonamides is 1. The molecule has 1 atom stereocenters. The Morgan fingerprint density at radius 2 is 2.26 bits per heavy atom. The number of benzene rings is 1. The molecule has 0 aromatic heterocycles. The number of halogens is 1. The maximum Gasteiger partial charge on any atom is 0.242 e. The zero-order valence-corrected chi connectivity index (χ0v) is 11.2. The molecule has 0 spiro atoms. The summed E-state index contributed by atoms with van der Waals surface area (Å²) in [4.78, 5) is -0.213. The van der Waals surface area contributed by atoms with Crippen LogP contribution in [0.2, 0.25) is 0 Å². The average molecular weight is 288 g/mol. The molecule has 5 nitrogen and oxygen atoms in total. The maximum atomic E-state index is 13.1. The van der Waals surface area contributed by atoms with Gasteiger partial charge in [-0.25, -0.2) is 17.5 Å². The third kappa shape index (κ3) is 3.65. The van der Waals surface area contributed by atoms with E-state index in [0.29, 0.717) is 25.5 Å². The molecule has 1 aliphatic heterocycles. The Balaban J connectivity index is 1.99. The molecule has 19 heavy (non-hydrogen) atoms. The van der Waals surface area contributed by atoms with Gasteiger partial charge in [0.05, 0.1) is 5.69 Å². The molecule has 0 radical (unpaired) electrons. The Labute approximate surface area is 112 Å². The van der Waals surface area contributed by atoms with Crippen LogP contribution >= 0.6 is 0 Å². The summed E-state index contributed by atoms with van der Waals surface area (Å²) in [5.74, 6) is -0.244. The van der Waals surface area contributed by atoms with E-state index in [1.807, 2.05) is 0 Å². The number of hydrogen-bond donors (Lipinski definition) is 2. The standard InChI is InChI=1S/C12H17FN2O3S/c13-10-1-2-11(14)12(7-10)19(16,17)15-5-3-9-4-6-18-8-9/h1-2,7,9,15H,3-6,8,14H2. The molecule has 7 heteroatoms. The highest BCUT2D eigenvalue weighted by Gasteiger charge is 2.20. The van der Waals surface area contributed by atoms with Gasteiger partial charge in [-0.15, -0.1) is 0 Å². The van der Waals surface area contributed by atoms with Crippen LogP contribution in [0.5, 0.6) is 0 Å². The smallest absolute Gasteiger partial charge is 0.242 e. The number of hydrogen-bond acceptors (Lipinski definition) is 4. The second-order valence-electron chi connectivity index (χ2n) is 4.60. The van der Waals surface area contributed by atoms with E-state index < -0.39 is 15.8 Å². The number of nitrogens with one attached hydrogen (secondary N) is 1. The predicted octanol–water partition coefficient (Wildman–Crippen LogP) is 1.11. The van der Waals surface area contributed by atoms with Gasteiger partial charge in [0.1, 0.15) is 10.7 Å². The average Bonchev–Trinajstić information content (AvgIpc) is 2.85. The molecule has 1 aromatic rings. The minimum absolute atomic E-state index is 0.0399. The van der Waals surface area contributed by atoms with E-state index in [-0.39, 0.29) is 10.6 Å². The van der Waals surface area contributed by atoms with E-state index in [9.17, 15) is 12.8 Å². The van der Waals surface area contributed by atoms with Gasteiger partial charge in [0.15, 0.2) is 0 Å². The summed E-state index contributed by atoms with van der Waals surface area (Å²) in [5, 5.41) is 0. The minimum atomic E-state index is -3.76. The van der Waals surface area contributed by atoms with Crippen LogP contribution in [0.15, 0.2) is 23.1 Å². The van der Waals surface area contributed by atoms with Crippen molar-refractivity contribution in [3.63, 3.8) is 0 Å². The molecule has 1 heterocycles. The summed E-state index contributed by atoms with van der Waals surface area (Å²) < 4.78 is 44.7. The summed E-state index contributed by atoms with van der Waals surface area (Å²) in [6, 6.07) is 3.30. The fourth-order valence-electron chi connectivity index (χ4n) is 2.03. The van der Waals surface area contributed by atoms with E-state index in [1.165, 1.54) is 6.07 Å². The van der Waals surface area contributed by atoms with Crippen LogP contribution in [0.3, 0.4) is 0 Å². The van der Waals surface area contributed by atoms with Crippen molar-refractivity contribution in [2.45, 2.75) is 17.7 Å². The van der Waals surface area contributed by atoms with Crippen LogP contribution < -0.4 is 10.5 Å². The Morgan fingerprint density at radius 3 is 2.95 bits per heavy atom. The fraction of sp³-hybridized carbons (Fsp3) is 0.500. The van der Waals surface area contributed by atoms with Crippen molar-refractivity contribution in [3.8, 4) is 0 Å². The molecule has 1 saturated heterocycles. The van der Waals surface area contributed by atoms with Crippen LogP contribution in [0.1, 0.15) is 12.8 Å². The van der Waals surface area contributed by atoms with Gasteiger partial charge >= 0.3 is 0 Å². The second-order valence-corrected chi connectivity index (χ2v) is 6.33. The number of nitrogens with two attached hydrogens (primary N) is 1. The molecule has 1 aliphatic rings. The van der Waals surface area contributed by atoms with Crippen molar-refractivity contribution in [2.75, 3.05) is 25.5 Å². The molecule has 0 aliphatic carbocycles. The zero-order chi connectivity index (χ0) is 13.9. The maximum absolute atomic E-state index is 13.1. The first-order valence-electron chi connectivity index (χ1n) is 6.11. The van der Waals surface area contributed by atoms with Gasteiger partial charge in [0.2, 0.25) is 10.0 Å². The SMILES string of the molecule is Nc1ccc(F)cc1S(=O)(=O)NCCC1CCOC1. The lowest BCUT2D eigenvalue weighted by atomic mass is 10.1. The number of ether oxygens (including phenoxy) is 1. The van der Waals surface area contributed by atoms with Crippen LogP contribution in [-0.4, -0.2) is 28.2 Å². The van der Waals surface area contributed by atoms with Crippen LogP contribution in [0.25, 0.3) is 0 Å². The number of nitrogen functional groups attached to an aromatic ring is 1. The van der Waals surface area contributed by atoms with Gasteiger partial charge < -0.3 is 10.5 Å². The molecule has 0 saturated carbocycles. The van der Waals surface area contributed by atoms with Crippen molar-refractivity contribution in [1.29, 1.82) is 0 Å². The fourth-order valence-corrected chi connectivity index (χ4v) is 3.22. The van der Waals surface area contributed by atoms with E-state index in [2.05, 4.69) is 4.72 Å². The van der Waals surface area contributed by atoms with Crippen molar-refractivity contribution in [3.05, 3.63) is 24.0 Å². The lowest BCUT2D eigenvalue weighted by molar-refractivity contribution is 0.184. The summed E-state index contributed by atoms with van der Waals surface area (Å²) in [7, 11) is -3.76. The third-order valence-electron chi connectivity index (χ3n) is 3.13. The summed E-state index contributed by atoms with van der Waals surface area (Å²) in [6.45, 7) is 1.70. The minimum Gasteiger partial charge on any atom is -0.398 e. The molecule has 1 unspecified atom stereocenters. The summed E-state index contributed by atoms with van der Waals surface area (Å²) >= 11 is 0. The van der Waals surface area contributed by atoms with E-state index in [1.54, 1.807) is 0 Å². The van der Waals surface area contributed by atoms with Gasteiger partial charge in [-0.2, -0.15) is 0 Å². The third-order valence-corrected chi connectivity index (χ3v) is 4.65. The van der Waals surface area contributed by atoms with E-state index in [4.69, 9.17) is 10.5 Å². The molecular weight excluding hydrogens is 271 g/mol. The molecule has 1 fully saturated rings. The molecule has 1 aromatic carbocycles. The van der Waals surface area contributed by atoms with Crippen LogP contribution in [-0.2, 0) is 14.8 Å². The molecular formula is C12H17FN2O3S. The highest BCUT2D eigenvalue weighted by atomic mass is 32.2. The number of anilines is 1. The highest BCUT2D eigenvalue weighted by molar-refractivity contribution is 7.89. The first kappa shape index (κ1) is 14.2. The van der Waals surface area contributed by atoms with Crippen molar-refractivity contribution in [2.24, 2.45) is 5.92 Å². The normalized spacial score (nSPS) is 19.7. The van der Waals surface area contributed by atoms with Gasteiger partial charge in [0, 0.05) is 19.8 Å². The monoisotopic (exact) mass is 288 g/mol. The Morgan fingerprint density at radius 1 is 1.47 bits per heavy atom. The summed E-state index contributed by atoms with van der Waals surface area (Å²) in [6.07, 6.45) is 1.65. The van der Waals surface area contributed by atoms with Gasteiger partial charge in [-0.3, -0.25) is 0 Å². The Kier molecular flexibility index (Phi) is 4.38. The predicted molar refractivity (Wildman–Crippen MR) is 69.5 cm³/mol. The Hall–Kier alpha value is -1.18. The van der Waals surface area contributed by atoms with Gasteiger partial charge in [0.25, 0.3) is 0 Å². The second kappa shape index (κ2) is 5.85. The van der Waals surface area contributed by atoms with Gasteiger partial charge in [-0.1, -0.05) is 0 Å². The first-order valence-corrected chi connectivity index (χ1v) is 7.60. The molecule has 0 bridgehead atoms. The summed E-state index contributed by atoms with van der Waals surface area (Å²) in [5.41, 5.74) is 5.60. The lowest BCUT2D eigenvalue weighted by Gasteiger charge is -2.11. The molecule has 0 amide bonds. The van der Waals surface area contributed by atoms with Crippen molar-refractivity contribution >= 4 is 15.7 Å². The molecule has 2 rings (SSSR count). The highest BCUT2D eigenvalue weighted by Crippen LogP contribution is 2.20. The first-order chi connectivity index (χ1) is 8.99. The van der Waals surface area contributed by atoms with E-state index in [0.717, 1.165) is 25.2 Å². The lowest BCUT2D eigenvalue weighted by Crippen LogP contribution is -2.27. The Bertz CT molecular complexity index is 542. The topological polar surface area (TPSA) is 81.4 Å². The van der Waals surface area contributed by atoms with E-state index >= 15 is 0 Å². The van der Waals surface area contributed by atoms with Crippen LogP contribution in [0, 0.1) is 11.7 Å². The largest absolute Gasteiger partial charge is 0.398 e. The van der Waals surface area contributed by atoms with Crippen LogP contribution in [0.4, 0.5) is 10.1 Å². The van der Waals surface area contributed by atoms with Crippen molar-refractivity contribution in [1.82, 2.24) is 4.72 Å². The van der Waals surface area contributed by atoms with Gasteiger partial charge in [-0.05, 0) is 37.0 Å². The molecule has 3 N–H and O–H groups in total. The zero-order valence-electron chi connectivity index (χ0n) is 10.4. The van der Waals surface area contributed by atoms with Crippen molar-refractivity contribution < 1.29 is 17.5 Å². The number of rotatable bonds is 5. The quantitative estimate of drug-likeness (QED) is 0.795.